The molecule has 18 nitrogen and oxygen atoms in total. The molecule has 3 aromatic rings. The second-order valence-electron chi connectivity index (χ2n) is 18.6. The van der Waals surface area contributed by atoms with Gasteiger partial charge in [-0.05, 0) is 55.1 Å². The van der Waals surface area contributed by atoms with Gasteiger partial charge in [0.15, 0.2) is 23.1 Å². The van der Waals surface area contributed by atoms with Gasteiger partial charge < -0.3 is 40.0 Å². The van der Waals surface area contributed by atoms with Crippen LogP contribution in [0.3, 0.4) is 0 Å². The average Bonchev–Trinajstić information content (AvgIpc) is 3.38. The van der Waals surface area contributed by atoms with Crippen LogP contribution in [0.25, 0.3) is 0 Å². The third kappa shape index (κ3) is 21.0. The number of Topliss-reactive ketones (excluding diaryl/α,β-unsaturated/α-hetero) is 3. The maximum absolute atomic E-state index is 14.5. The van der Waals surface area contributed by atoms with Gasteiger partial charge in [-0.2, -0.15) is 8.42 Å². The Balaban J connectivity index is 0.00000694. The second kappa shape index (κ2) is 31.8. The highest BCUT2D eigenvalue weighted by Gasteiger charge is 2.36. The normalized spacial score (nSPS) is 14.8. The molecule has 5 atom stereocenters. The molecule has 73 heavy (non-hydrogen) atoms. The first kappa shape index (κ1) is 61.6. The standard InChI is InChI=1S/C52H72N4O14S.C2H6/c1-34(2)24-42(54-51(62)38(19-18-36-14-10-8-11-15-36)27-40(57)31-56-20-22-68-23-21-56)44(58)28-39(26-37-16-12-9-13-17-37)52(63)55-43(25-35(3)4)49(61)45(59)32-70-71(64,65)50-46(66-6)29-41(30-47(50)67-7)69-33-48(60)53-5;1-2/h8-17,29-30,34-35,38-39,42-43,45,59H,18-28,31-33H2,1-7H3,(H,53,60)(H,54,62)(H,55,63);1-2H3/t38-,39-,42+,43+,45?;/m1./s1. The van der Waals surface area contributed by atoms with Crippen LogP contribution in [0.2, 0.25) is 0 Å². The number of carbonyl (C=O) groups is 6. The Morgan fingerprint density at radius 2 is 1.29 bits per heavy atom. The number of benzene rings is 3. The number of methoxy groups -OCH3 is 2. The Kier molecular flexibility index (Phi) is 26.8. The van der Waals surface area contributed by atoms with E-state index >= 15 is 0 Å². The summed E-state index contributed by atoms with van der Waals surface area (Å²) >= 11 is 0. The molecular weight excluding hydrogens is 961 g/mol. The summed E-state index contributed by atoms with van der Waals surface area (Å²) in [5, 5.41) is 19.3. The number of rotatable bonds is 31. The van der Waals surface area contributed by atoms with E-state index in [2.05, 4.69) is 16.0 Å². The topological polar surface area (TPSA) is 242 Å². The number of ether oxygens (including phenoxy) is 4. The molecule has 0 saturated carbocycles. The lowest BCUT2D eigenvalue weighted by atomic mass is 9.87. The third-order valence-corrected chi connectivity index (χ3v) is 13.3. The summed E-state index contributed by atoms with van der Waals surface area (Å²) in [4.78, 5) is 83.8. The molecular formula is C54H78N4O14S. The minimum Gasteiger partial charge on any atom is -0.495 e. The van der Waals surface area contributed by atoms with Crippen molar-refractivity contribution in [1.82, 2.24) is 20.9 Å². The summed E-state index contributed by atoms with van der Waals surface area (Å²) in [6, 6.07) is 18.7. The van der Waals surface area contributed by atoms with Crippen molar-refractivity contribution in [2.45, 2.75) is 110 Å². The average molecular weight is 1040 g/mol. The number of hydrogen-bond donors (Lipinski definition) is 4. The van der Waals surface area contributed by atoms with Crippen molar-refractivity contribution >= 4 is 45.2 Å². The molecule has 0 aromatic heterocycles. The maximum Gasteiger partial charge on any atom is 0.304 e. The Labute approximate surface area is 431 Å². The van der Waals surface area contributed by atoms with Gasteiger partial charge >= 0.3 is 10.1 Å². The molecule has 1 heterocycles. The van der Waals surface area contributed by atoms with Crippen molar-refractivity contribution in [3.8, 4) is 17.2 Å². The molecule has 3 amide bonds. The lowest BCUT2D eigenvalue weighted by molar-refractivity contribution is -0.137. The second-order valence-corrected chi connectivity index (χ2v) is 20.1. The van der Waals surface area contributed by atoms with Crippen LogP contribution in [-0.2, 0) is 60.6 Å². The first-order chi connectivity index (χ1) is 34.8. The van der Waals surface area contributed by atoms with E-state index in [9.17, 15) is 42.3 Å². The number of ketones is 3. The Bertz CT molecular complexity index is 2300. The summed E-state index contributed by atoms with van der Waals surface area (Å²) in [5.41, 5.74) is 1.73. The largest absolute Gasteiger partial charge is 0.495 e. The summed E-state index contributed by atoms with van der Waals surface area (Å²) in [6.07, 6.45) is -1.10. The van der Waals surface area contributed by atoms with Gasteiger partial charge in [-0.15, -0.1) is 0 Å². The van der Waals surface area contributed by atoms with Gasteiger partial charge in [-0.3, -0.25) is 37.9 Å². The fourth-order valence-electron chi connectivity index (χ4n) is 8.17. The molecule has 19 heteroatoms. The number of nitrogens with one attached hydrogen (secondary N) is 3. The van der Waals surface area contributed by atoms with E-state index in [1.165, 1.54) is 33.4 Å². The summed E-state index contributed by atoms with van der Waals surface area (Å²) < 4.78 is 53.9. The number of morpholine rings is 1. The van der Waals surface area contributed by atoms with E-state index in [-0.39, 0.29) is 80.1 Å². The predicted molar refractivity (Wildman–Crippen MR) is 276 cm³/mol. The fourth-order valence-corrected chi connectivity index (χ4v) is 9.38. The van der Waals surface area contributed by atoms with Crippen molar-refractivity contribution in [2.24, 2.45) is 23.7 Å². The number of aliphatic hydroxyl groups is 1. The van der Waals surface area contributed by atoms with E-state index in [0.717, 1.165) is 11.1 Å². The van der Waals surface area contributed by atoms with Crippen LogP contribution in [0.15, 0.2) is 77.7 Å². The molecule has 1 fully saturated rings. The molecule has 1 saturated heterocycles. The van der Waals surface area contributed by atoms with E-state index < -0.39 is 80.9 Å². The maximum atomic E-state index is 14.5. The van der Waals surface area contributed by atoms with E-state index in [0.29, 0.717) is 39.1 Å². The first-order valence-corrected chi connectivity index (χ1v) is 26.5. The zero-order chi connectivity index (χ0) is 54.1. The van der Waals surface area contributed by atoms with Crippen LogP contribution in [0, 0.1) is 23.7 Å². The Hall–Kier alpha value is -5.73. The Morgan fingerprint density at radius 1 is 0.753 bits per heavy atom. The third-order valence-electron chi connectivity index (χ3n) is 11.9. The van der Waals surface area contributed by atoms with Gasteiger partial charge in [0.25, 0.3) is 5.91 Å². The SMILES string of the molecule is CC.CNC(=O)COc1cc(OC)c(S(=O)(=O)OCC(O)C(=O)[C@H](CC(C)C)NC(=O)[C@@H](CC(=O)[C@H](CC(C)C)NC(=O)[C@H](CCc2ccccc2)CC(=O)CN2CCOCC2)Cc2ccccc2)c(OC)c1. The van der Waals surface area contributed by atoms with Crippen LogP contribution in [0.5, 0.6) is 17.2 Å². The van der Waals surface area contributed by atoms with E-state index in [1.807, 2.05) is 69.0 Å². The molecule has 0 spiro atoms. The van der Waals surface area contributed by atoms with E-state index in [4.69, 9.17) is 23.1 Å². The number of likely N-dealkylation sites (N-methyl/N-ethyl adjacent to an activating group) is 1. The van der Waals surface area contributed by atoms with Crippen molar-refractivity contribution in [1.29, 1.82) is 0 Å². The minimum atomic E-state index is -4.79. The molecule has 404 valence electrons. The molecule has 1 aliphatic rings. The van der Waals surface area contributed by atoms with Crippen molar-refractivity contribution < 1.29 is 65.4 Å². The molecule has 4 N–H and O–H groups in total. The van der Waals surface area contributed by atoms with Gasteiger partial charge in [0.05, 0.1) is 52.7 Å². The highest BCUT2D eigenvalue weighted by Crippen LogP contribution is 2.39. The Morgan fingerprint density at radius 3 is 1.84 bits per heavy atom. The van der Waals surface area contributed by atoms with Gasteiger partial charge in [-0.1, -0.05) is 102 Å². The van der Waals surface area contributed by atoms with Crippen LogP contribution in [0.1, 0.15) is 84.8 Å². The van der Waals surface area contributed by atoms with Crippen LogP contribution in [0.4, 0.5) is 0 Å². The van der Waals surface area contributed by atoms with Gasteiger partial charge in [0.2, 0.25) is 11.8 Å². The summed E-state index contributed by atoms with van der Waals surface area (Å²) in [6.45, 7) is 12.5. The van der Waals surface area contributed by atoms with Gasteiger partial charge in [0, 0.05) is 56.9 Å². The van der Waals surface area contributed by atoms with Crippen LogP contribution in [-0.4, -0.2) is 139 Å². The molecule has 4 rings (SSSR count). The molecule has 1 unspecified atom stereocenters. The molecule has 3 aromatic carbocycles. The monoisotopic (exact) mass is 1040 g/mol. The van der Waals surface area contributed by atoms with Crippen molar-refractivity contribution in [2.75, 3.05) is 67.3 Å². The van der Waals surface area contributed by atoms with Gasteiger partial charge in [-0.25, -0.2) is 0 Å². The molecule has 0 bridgehead atoms. The van der Waals surface area contributed by atoms with Crippen LogP contribution >= 0.6 is 0 Å². The number of aryl methyl sites for hydroxylation is 1. The number of nitrogens with zero attached hydrogens (tertiary/aromatic N) is 1. The molecule has 0 aliphatic carbocycles. The van der Waals surface area contributed by atoms with E-state index in [1.54, 1.807) is 38.1 Å². The highest BCUT2D eigenvalue weighted by atomic mass is 32.2. The predicted octanol–water partition coefficient (Wildman–Crippen LogP) is 4.91. The first-order valence-electron chi connectivity index (χ1n) is 25.1. The number of aliphatic hydroxyl groups excluding tert-OH is 1. The van der Waals surface area contributed by atoms with Crippen molar-refractivity contribution in [3.63, 3.8) is 0 Å². The lowest BCUT2D eigenvalue weighted by Crippen LogP contribution is -2.50. The summed E-state index contributed by atoms with van der Waals surface area (Å²) in [5.74, 6) is -5.49. The number of hydrogen-bond acceptors (Lipinski definition) is 15. The van der Waals surface area contributed by atoms with Crippen LogP contribution < -0.4 is 30.2 Å². The molecule has 0 radical (unpaired) electrons. The summed E-state index contributed by atoms with van der Waals surface area (Å²) in [7, 11) is -0.995. The zero-order valence-corrected chi connectivity index (χ0v) is 44.8. The number of amides is 3. The van der Waals surface area contributed by atoms with Crippen molar-refractivity contribution in [3.05, 3.63) is 83.9 Å². The lowest BCUT2D eigenvalue weighted by Gasteiger charge is -2.28. The number of carbonyl (C=O) groups excluding carboxylic acids is 6. The quantitative estimate of drug-likeness (QED) is 0.0626. The highest BCUT2D eigenvalue weighted by molar-refractivity contribution is 7.87. The fraction of sp³-hybridized carbons (Fsp3) is 0.556. The smallest absolute Gasteiger partial charge is 0.304 e. The van der Waals surface area contributed by atoms with Gasteiger partial charge in [0.1, 0.15) is 29.1 Å². The minimum absolute atomic E-state index is 0.0157. The zero-order valence-electron chi connectivity index (χ0n) is 44.0. The molecule has 1 aliphatic heterocycles.